The van der Waals surface area contributed by atoms with Crippen molar-refractivity contribution >= 4 is 11.8 Å². The van der Waals surface area contributed by atoms with Gasteiger partial charge >= 0.3 is 5.97 Å². The fourth-order valence-corrected chi connectivity index (χ4v) is 8.29. The first kappa shape index (κ1) is 27.6. The monoisotopic (exact) mass is 500 g/mol. The normalized spacial score (nSPS) is 39.6. The maximum absolute atomic E-state index is 13.0. The Morgan fingerprint density at radius 1 is 1.06 bits per heavy atom. The molecular weight excluding hydrogens is 452 g/mol. The summed E-state index contributed by atoms with van der Waals surface area (Å²) < 4.78 is 5.54. The highest BCUT2D eigenvalue weighted by Gasteiger charge is 2.65. The minimum absolute atomic E-state index is 0.0620. The predicted molar refractivity (Wildman–Crippen MR) is 141 cm³/mol. The van der Waals surface area contributed by atoms with E-state index < -0.39 is 23.1 Å². The van der Waals surface area contributed by atoms with Crippen LogP contribution < -0.4 is 0 Å². The van der Waals surface area contributed by atoms with Gasteiger partial charge in [-0.2, -0.15) is 0 Å². The molecule has 5 heteroatoms. The Kier molecular flexibility index (Phi) is 8.22. The maximum Gasteiger partial charge on any atom is 0.341 e. The number of unbranched alkanes of at least 4 members (excludes halogenated alkanes) is 7. The van der Waals surface area contributed by atoms with Gasteiger partial charge in [0.2, 0.25) is 0 Å². The molecule has 0 aliphatic heterocycles. The van der Waals surface area contributed by atoms with E-state index >= 15 is 0 Å². The minimum Gasteiger partial charge on any atom is -0.462 e. The fraction of sp³-hybridized carbons (Fsp3) is 0.806. The van der Waals surface area contributed by atoms with Gasteiger partial charge in [-0.15, -0.1) is 0 Å². The molecule has 0 aromatic rings. The Morgan fingerprint density at radius 2 is 1.72 bits per heavy atom. The van der Waals surface area contributed by atoms with Gasteiger partial charge in [-0.3, -0.25) is 4.79 Å². The lowest BCUT2D eigenvalue weighted by molar-refractivity contribution is -0.158. The molecule has 36 heavy (non-hydrogen) atoms. The van der Waals surface area contributed by atoms with Crippen molar-refractivity contribution in [1.29, 1.82) is 0 Å². The van der Waals surface area contributed by atoms with Crippen LogP contribution in [0.5, 0.6) is 0 Å². The number of ether oxygens (including phenoxy) is 1. The Labute approximate surface area is 217 Å². The SMILES string of the molecule is CCCCCCCCCCOC(=O)C1=C[C@@]2(C)C(=CC1=O)CC[C@@H]1C2[C@@H](O)C[C@@]2(C)[C@H]1CC[C@@]2(C)O. The number of hydrogen-bond donors (Lipinski definition) is 2. The zero-order valence-corrected chi connectivity index (χ0v) is 23.0. The summed E-state index contributed by atoms with van der Waals surface area (Å²) >= 11 is 0. The second kappa shape index (κ2) is 10.7. The van der Waals surface area contributed by atoms with E-state index in [1.807, 2.05) is 13.0 Å². The molecule has 202 valence electrons. The Balaban J connectivity index is 1.41. The molecule has 4 rings (SSSR count). The standard InChI is InChI=1S/C31H48O5/c1-5-6-7-8-9-10-11-12-17-36-28(34)23-19-29(2)21(18-25(23)32)13-14-22-24-15-16-31(4,35)30(24,3)20-26(33)27(22)29/h18-19,22,24,26-27,33,35H,5-17,20H2,1-4H3/t22-,24-,26-,27?,29-,30-,31+/m0/s1. The smallest absolute Gasteiger partial charge is 0.341 e. The highest BCUT2D eigenvalue weighted by molar-refractivity contribution is 6.22. The van der Waals surface area contributed by atoms with E-state index in [9.17, 15) is 19.8 Å². The van der Waals surface area contributed by atoms with Crippen LogP contribution in [-0.2, 0) is 14.3 Å². The number of fused-ring (bicyclic) bond motifs is 5. The van der Waals surface area contributed by atoms with E-state index in [2.05, 4.69) is 20.8 Å². The summed E-state index contributed by atoms with van der Waals surface area (Å²) in [6.45, 7) is 8.73. The van der Waals surface area contributed by atoms with Gasteiger partial charge in [0.05, 0.1) is 18.3 Å². The Morgan fingerprint density at radius 3 is 2.42 bits per heavy atom. The molecule has 0 aromatic heterocycles. The van der Waals surface area contributed by atoms with Crippen LogP contribution >= 0.6 is 0 Å². The highest BCUT2D eigenvalue weighted by atomic mass is 16.5. The summed E-state index contributed by atoms with van der Waals surface area (Å²) in [6, 6.07) is 0. The molecule has 4 aliphatic carbocycles. The summed E-state index contributed by atoms with van der Waals surface area (Å²) in [7, 11) is 0. The van der Waals surface area contributed by atoms with E-state index in [1.165, 1.54) is 32.1 Å². The molecule has 3 saturated carbocycles. The predicted octanol–water partition coefficient (Wildman–Crippen LogP) is 6.07. The highest BCUT2D eigenvalue weighted by Crippen LogP contribution is 2.67. The van der Waals surface area contributed by atoms with Crippen molar-refractivity contribution in [3.05, 3.63) is 23.3 Å². The number of aliphatic hydroxyl groups is 2. The van der Waals surface area contributed by atoms with E-state index in [-0.39, 0.29) is 28.6 Å². The van der Waals surface area contributed by atoms with Crippen molar-refractivity contribution < 1.29 is 24.5 Å². The van der Waals surface area contributed by atoms with Gasteiger partial charge in [-0.05, 0) is 63.4 Å². The first-order valence-corrected chi connectivity index (χ1v) is 14.6. The molecule has 0 aromatic carbocycles. The molecule has 0 bridgehead atoms. The first-order valence-electron chi connectivity index (χ1n) is 14.6. The van der Waals surface area contributed by atoms with Crippen molar-refractivity contribution in [3.63, 3.8) is 0 Å². The van der Waals surface area contributed by atoms with Crippen molar-refractivity contribution in [1.82, 2.24) is 0 Å². The van der Waals surface area contributed by atoms with Gasteiger partial charge in [0.1, 0.15) is 5.57 Å². The molecule has 5 nitrogen and oxygen atoms in total. The van der Waals surface area contributed by atoms with Gasteiger partial charge in [-0.1, -0.05) is 77.4 Å². The maximum atomic E-state index is 13.0. The van der Waals surface area contributed by atoms with E-state index in [0.29, 0.717) is 18.9 Å². The Hall–Kier alpha value is -1.46. The molecule has 2 N–H and O–H groups in total. The van der Waals surface area contributed by atoms with Crippen LogP contribution in [0.4, 0.5) is 0 Å². The Bertz CT molecular complexity index is 901. The van der Waals surface area contributed by atoms with Gasteiger partial charge in [0.25, 0.3) is 0 Å². The number of carbonyl (C=O) groups excluding carboxylic acids is 2. The minimum atomic E-state index is -0.774. The second-order valence-electron chi connectivity index (χ2n) is 12.8. The molecule has 0 heterocycles. The van der Waals surface area contributed by atoms with E-state index in [4.69, 9.17) is 4.74 Å². The summed E-state index contributed by atoms with van der Waals surface area (Å²) in [5.74, 6) is -0.258. The third kappa shape index (κ3) is 4.87. The second-order valence-corrected chi connectivity index (χ2v) is 12.8. The van der Waals surface area contributed by atoms with E-state index in [0.717, 1.165) is 50.5 Å². The first-order chi connectivity index (χ1) is 17.0. The van der Waals surface area contributed by atoms with Gasteiger partial charge in [0, 0.05) is 16.7 Å². The summed E-state index contributed by atoms with van der Waals surface area (Å²) in [5.41, 5.74) is -0.472. The van der Waals surface area contributed by atoms with Crippen LogP contribution in [-0.4, -0.2) is 40.3 Å². The number of esters is 1. The number of allylic oxidation sites excluding steroid dienone is 3. The molecular formula is C31H48O5. The quantitative estimate of drug-likeness (QED) is 0.216. The van der Waals surface area contributed by atoms with Crippen LogP contribution in [0.15, 0.2) is 23.3 Å². The van der Waals surface area contributed by atoms with Crippen LogP contribution in [0.1, 0.15) is 111 Å². The molecule has 0 saturated heterocycles. The molecule has 0 spiro atoms. The summed E-state index contributed by atoms with van der Waals surface area (Å²) in [4.78, 5) is 25.9. The van der Waals surface area contributed by atoms with Crippen LogP contribution in [0.2, 0.25) is 0 Å². The molecule has 4 aliphatic rings. The summed E-state index contributed by atoms with van der Waals surface area (Å²) in [5, 5.41) is 22.6. The zero-order valence-electron chi connectivity index (χ0n) is 23.0. The van der Waals surface area contributed by atoms with Gasteiger partial charge in [-0.25, -0.2) is 4.79 Å². The van der Waals surface area contributed by atoms with Crippen molar-refractivity contribution in [2.45, 2.75) is 123 Å². The van der Waals surface area contributed by atoms with Gasteiger partial charge < -0.3 is 14.9 Å². The van der Waals surface area contributed by atoms with Crippen molar-refractivity contribution in [2.75, 3.05) is 6.61 Å². The fourth-order valence-electron chi connectivity index (χ4n) is 8.29. The number of hydrogen-bond acceptors (Lipinski definition) is 5. The lowest BCUT2D eigenvalue weighted by atomic mass is 9.46. The molecule has 0 amide bonds. The van der Waals surface area contributed by atoms with Crippen LogP contribution in [0.25, 0.3) is 0 Å². The summed E-state index contributed by atoms with van der Waals surface area (Å²) in [6.07, 6.45) is 16.2. The third-order valence-electron chi connectivity index (χ3n) is 10.6. The molecule has 0 radical (unpaired) electrons. The van der Waals surface area contributed by atoms with Crippen molar-refractivity contribution in [2.24, 2.45) is 28.6 Å². The lowest BCUT2D eigenvalue weighted by Crippen LogP contribution is -2.58. The average Bonchev–Trinajstić information content (AvgIpc) is 3.06. The number of aliphatic hydroxyl groups excluding tert-OH is 1. The van der Waals surface area contributed by atoms with E-state index in [1.54, 1.807) is 6.08 Å². The van der Waals surface area contributed by atoms with Crippen molar-refractivity contribution in [3.8, 4) is 0 Å². The van der Waals surface area contributed by atoms with Gasteiger partial charge in [0.15, 0.2) is 5.78 Å². The van der Waals surface area contributed by atoms with Crippen LogP contribution in [0, 0.1) is 28.6 Å². The molecule has 7 atom stereocenters. The zero-order chi connectivity index (χ0) is 26.1. The molecule has 3 fully saturated rings. The number of carbonyl (C=O) groups is 2. The number of rotatable bonds is 10. The lowest BCUT2D eigenvalue weighted by Gasteiger charge is -2.59. The van der Waals surface area contributed by atoms with Crippen LogP contribution in [0.3, 0.4) is 0 Å². The number of ketones is 1. The third-order valence-corrected chi connectivity index (χ3v) is 10.6. The average molecular weight is 501 g/mol. The largest absolute Gasteiger partial charge is 0.462 e. The topological polar surface area (TPSA) is 83.8 Å². The molecule has 1 unspecified atom stereocenters.